The fourth-order valence-corrected chi connectivity index (χ4v) is 1.32. The normalized spacial score (nSPS) is 9.45. The van der Waals surface area contributed by atoms with Crippen molar-refractivity contribution in [1.29, 1.82) is 0 Å². The van der Waals surface area contributed by atoms with Gasteiger partial charge in [0.05, 0.1) is 22.0 Å². The van der Waals surface area contributed by atoms with Crippen molar-refractivity contribution < 1.29 is 30.3 Å². The summed E-state index contributed by atoms with van der Waals surface area (Å²) in [6.45, 7) is 0. The van der Waals surface area contributed by atoms with E-state index in [-0.39, 0.29) is 11.5 Å². The lowest BCUT2D eigenvalue weighted by molar-refractivity contribution is -0.386. The molecule has 0 atom stereocenters. The lowest BCUT2D eigenvalue weighted by Crippen LogP contribution is -1.87. The molecule has 2 rings (SSSR count). The van der Waals surface area contributed by atoms with Gasteiger partial charge in [0, 0.05) is 0 Å². The van der Waals surface area contributed by atoms with E-state index in [0.717, 1.165) is 24.3 Å². The zero-order valence-corrected chi connectivity index (χ0v) is 10.8. The Morgan fingerprint density at radius 3 is 1.23 bits per heavy atom. The van der Waals surface area contributed by atoms with E-state index in [4.69, 9.17) is 20.4 Å². The van der Waals surface area contributed by atoms with E-state index >= 15 is 0 Å². The van der Waals surface area contributed by atoms with Crippen LogP contribution in [0.4, 0.5) is 11.4 Å². The largest absolute Gasteiger partial charge is 0.508 e. The lowest BCUT2D eigenvalue weighted by Gasteiger charge is -1.94. The van der Waals surface area contributed by atoms with E-state index in [2.05, 4.69) is 0 Å². The predicted octanol–water partition coefficient (Wildman–Crippen LogP) is 2.01. The maximum Gasteiger partial charge on any atom is 0.314 e. The van der Waals surface area contributed by atoms with Crippen LogP contribution in [-0.4, -0.2) is 30.3 Å². The van der Waals surface area contributed by atoms with Gasteiger partial charge in [0.1, 0.15) is 11.5 Å². The van der Waals surface area contributed by atoms with Gasteiger partial charge < -0.3 is 20.4 Å². The van der Waals surface area contributed by atoms with Crippen molar-refractivity contribution in [2.45, 2.75) is 0 Å². The summed E-state index contributed by atoms with van der Waals surface area (Å²) in [6, 6.07) is 6.23. The number of aromatic hydroxyl groups is 4. The molecule has 0 heterocycles. The van der Waals surface area contributed by atoms with Crippen LogP contribution in [-0.2, 0) is 0 Å². The summed E-state index contributed by atoms with van der Waals surface area (Å²) in [4.78, 5) is 18.7. The Morgan fingerprint density at radius 2 is 1.00 bits per heavy atom. The molecular formula is C12H10N2O8. The van der Waals surface area contributed by atoms with Gasteiger partial charge in [-0.25, -0.2) is 0 Å². The first kappa shape index (κ1) is 16.5. The van der Waals surface area contributed by atoms with Gasteiger partial charge in [-0.2, -0.15) is 0 Å². The fraction of sp³-hybridized carbons (Fsp3) is 0. The molecule has 0 fully saturated rings. The number of nitrogens with zero attached hydrogens (tertiary/aromatic N) is 2. The topological polar surface area (TPSA) is 167 Å². The van der Waals surface area contributed by atoms with Crippen molar-refractivity contribution in [2.75, 3.05) is 0 Å². The summed E-state index contributed by atoms with van der Waals surface area (Å²) < 4.78 is 0. The Morgan fingerprint density at radius 1 is 0.682 bits per heavy atom. The molecule has 4 N–H and O–H groups in total. The summed E-state index contributed by atoms with van der Waals surface area (Å²) >= 11 is 0. The molecule has 0 saturated heterocycles. The SMILES string of the molecule is O=[N+]([O-])c1cc(O)ccc1O.O=[N+]([O-])c1cc(O)ccc1O. The molecule has 0 aliphatic heterocycles. The van der Waals surface area contributed by atoms with Gasteiger partial charge >= 0.3 is 11.4 Å². The van der Waals surface area contributed by atoms with E-state index in [1.807, 2.05) is 0 Å². The van der Waals surface area contributed by atoms with Gasteiger partial charge in [-0.1, -0.05) is 0 Å². The van der Waals surface area contributed by atoms with Crippen molar-refractivity contribution in [2.24, 2.45) is 0 Å². The number of rotatable bonds is 2. The zero-order valence-electron chi connectivity index (χ0n) is 10.8. The van der Waals surface area contributed by atoms with Crippen LogP contribution in [0.25, 0.3) is 0 Å². The Kier molecular flexibility index (Phi) is 5.06. The van der Waals surface area contributed by atoms with Crippen molar-refractivity contribution >= 4 is 11.4 Å². The molecule has 10 heteroatoms. The minimum Gasteiger partial charge on any atom is -0.508 e. The van der Waals surface area contributed by atoms with Gasteiger partial charge in [0.25, 0.3) is 0 Å². The first-order valence-corrected chi connectivity index (χ1v) is 5.55. The van der Waals surface area contributed by atoms with E-state index in [0.29, 0.717) is 0 Å². The Bertz CT molecular complexity index is 655. The number of hydrogen-bond donors (Lipinski definition) is 4. The van der Waals surface area contributed by atoms with Crippen LogP contribution in [0.15, 0.2) is 36.4 Å². The number of benzene rings is 2. The number of phenolic OH excluding ortho intramolecular Hbond substituents is 4. The molecule has 0 bridgehead atoms. The summed E-state index contributed by atoms with van der Waals surface area (Å²) in [5.41, 5.74) is -0.991. The van der Waals surface area contributed by atoms with Crippen molar-refractivity contribution in [3.8, 4) is 23.0 Å². The van der Waals surface area contributed by atoms with Gasteiger partial charge in [0.15, 0.2) is 11.5 Å². The first-order valence-electron chi connectivity index (χ1n) is 5.55. The zero-order chi connectivity index (χ0) is 16.9. The van der Waals surface area contributed by atoms with Crippen LogP contribution in [0, 0.1) is 20.2 Å². The molecule has 0 unspecified atom stereocenters. The van der Waals surface area contributed by atoms with Crippen LogP contribution >= 0.6 is 0 Å². The molecule has 10 nitrogen and oxygen atoms in total. The summed E-state index contributed by atoms with van der Waals surface area (Å²) in [5, 5.41) is 55.5. The summed E-state index contributed by atoms with van der Waals surface area (Å²) in [7, 11) is 0. The molecule has 0 amide bonds. The van der Waals surface area contributed by atoms with Gasteiger partial charge in [0.2, 0.25) is 0 Å². The van der Waals surface area contributed by atoms with Crippen LogP contribution in [0.3, 0.4) is 0 Å². The Balaban J connectivity index is 0.000000220. The maximum atomic E-state index is 10.1. The van der Waals surface area contributed by atoms with Crippen molar-refractivity contribution in [1.82, 2.24) is 0 Å². The molecule has 22 heavy (non-hydrogen) atoms. The molecular weight excluding hydrogens is 300 g/mol. The van der Waals surface area contributed by atoms with E-state index in [1.54, 1.807) is 0 Å². The van der Waals surface area contributed by atoms with Gasteiger partial charge in [-0.05, 0) is 24.3 Å². The van der Waals surface area contributed by atoms with Crippen LogP contribution < -0.4 is 0 Å². The molecule has 0 radical (unpaired) electrons. The third-order valence-electron chi connectivity index (χ3n) is 2.31. The average Bonchev–Trinajstić information content (AvgIpc) is 2.44. The molecule has 0 aromatic heterocycles. The third kappa shape index (κ3) is 4.23. The van der Waals surface area contributed by atoms with E-state index in [1.165, 1.54) is 12.1 Å². The predicted molar refractivity (Wildman–Crippen MR) is 72.9 cm³/mol. The maximum absolute atomic E-state index is 10.1. The average molecular weight is 310 g/mol. The molecule has 2 aromatic rings. The van der Waals surface area contributed by atoms with Gasteiger partial charge in [-0.3, -0.25) is 20.2 Å². The second-order valence-corrected chi connectivity index (χ2v) is 3.86. The minimum atomic E-state index is -0.769. The molecule has 2 aromatic carbocycles. The number of nitro benzene ring substituents is 2. The highest BCUT2D eigenvalue weighted by Crippen LogP contribution is 2.29. The molecule has 0 aliphatic carbocycles. The van der Waals surface area contributed by atoms with E-state index in [9.17, 15) is 20.2 Å². The van der Waals surface area contributed by atoms with Crippen molar-refractivity contribution in [3.05, 3.63) is 56.6 Å². The quantitative estimate of drug-likeness (QED) is 0.371. The highest BCUT2D eigenvalue weighted by atomic mass is 16.6. The highest BCUT2D eigenvalue weighted by molar-refractivity contribution is 5.49. The molecule has 0 aliphatic rings. The lowest BCUT2D eigenvalue weighted by atomic mass is 10.3. The fourth-order valence-electron chi connectivity index (χ4n) is 1.32. The van der Waals surface area contributed by atoms with Crippen LogP contribution in [0.5, 0.6) is 23.0 Å². The number of hydrogen-bond acceptors (Lipinski definition) is 8. The number of phenols is 4. The monoisotopic (exact) mass is 310 g/mol. The van der Waals surface area contributed by atoms with Gasteiger partial charge in [-0.15, -0.1) is 0 Å². The van der Waals surface area contributed by atoms with Crippen LogP contribution in [0.1, 0.15) is 0 Å². The molecule has 0 spiro atoms. The van der Waals surface area contributed by atoms with Crippen LogP contribution in [0.2, 0.25) is 0 Å². The van der Waals surface area contributed by atoms with Crippen molar-refractivity contribution in [3.63, 3.8) is 0 Å². The van der Waals surface area contributed by atoms with E-state index < -0.39 is 32.7 Å². The third-order valence-corrected chi connectivity index (χ3v) is 2.31. The highest BCUT2D eigenvalue weighted by Gasteiger charge is 2.13. The second kappa shape index (κ2) is 6.74. The Hall–Kier alpha value is -3.56. The first-order chi connectivity index (χ1) is 10.2. The standard InChI is InChI=1S/2C6H5NO4/c2*8-4-1-2-6(9)5(3-4)7(10)11/h2*1-3,8-9H. The second-order valence-electron chi connectivity index (χ2n) is 3.86. The summed E-state index contributed by atoms with van der Waals surface area (Å²) in [5.74, 6) is -1.38. The molecule has 116 valence electrons. The molecule has 0 saturated carbocycles. The minimum absolute atomic E-state index is 0.241. The Labute approximate surface area is 122 Å². The summed E-state index contributed by atoms with van der Waals surface area (Å²) in [6.07, 6.45) is 0. The smallest absolute Gasteiger partial charge is 0.314 e. The number of nitro groups is 2.